The van der Waals surface area contributed by atoms with Crippen molar-refractivity contribution in [1.29, 1.82) is 0 Å². The number of fused-ring (bicyclic) bond motifs is 1. The summed E-state index contributed by atoms with van der Waals surface area (Å²) in [4.78, 5) is 12.3. The Bertz CT molecular complexity index is 877. The van der Waals surface area contributed by atoms with E-state index < -0.39 is 0 Å². The molecule has 0 heterocycles. The Morgan fingerprint density at radius 2 is 1.65 bits per heavy atom. The fourth-order valence-electron chi connectivity index (χ4n) is 2.36. The molecule has 1 N–H and O–H groups in total. The Morgan fingerprint density at radius 3 is 2.39 bits per heavy atom. The van der Waals surface area contributed by atoms with Gasteiger partial charge in [0.2, 0.25) is 0 Å². The number of carbonyl (C=O) groups excluding carboxylic acids is 1. The normalized spacial score (nSPS) is 11.0. The number of hydrogen-bond donors (Lipinski definition) is 1. The first-order valence-electron chi connectivity index (χ1n) is 7.25. The maximum absolute atomic E-state index is 12.3. The van der Waals surface area contributed by atoms with E-state index in [0.717, 1.165) is 22.1 Å². The van der Waals surface area contributed by atoms with Crippen LogP contribution in [0.25, 0.3) is 16.8 Å². The molecule has 23 heavy (non-hydrogen) atoms. The van der Waals surface area contributed by atoms with Crippen molar-refractivity contribution in [3.05, 3.63) is 77.9 Å². The van der Waals surface area contributed by atoms with E-state index in [1.165, 1.54) is 6.08 Å². The summed E-state index contributed by atoms with van der Waals surface area (Å²) < 4.78 is 5.20. The second-order valence-corrected chi connectivity index (χ2v) is 5.22. The van der Waals surface area contributed by atoms with Crippen molar-refractivity contribution in [2.24, 2.45) is 0 Å². The highest BCUT2D eigenvalue weighted by Gasteiger charge is 2.04. The minimum Gasteiger partial charge on any atom is -0.508 e. The molecule has 0 aliphatic heterocycles. The first kappa shape index (κ1) is 14.9. The van der Waals surface area contributed by atoms with Crippen molar-refractivity contribution in [2.45, 2.75) is 0 Å². The van der Waals surface area contributed by atoms with Crippen LogP contribution in [0.5, 0.6) is 11.5 Å². The average molecular weight is 304 g/mol. The molecule has 0 unspecified atom stereocenters. The molecule has 0 atom stereocenters. The van der Waals surface area contributed by atoms with E-state index >= 15 is 0 Å². The number of allylic oxidation sites excluding steroid dienone is 1. The number of aromatic hydroxyl groups is 1. The first-order valence-corrected chi connectivity index (χ1v) is 7.25. The average Bonchev–Trinajstić information content (AvgIpc) is 2.60. The molecule has 0 amide bonds. The lowest BCUT2D eigenvalue weighted by Gasteiger charge is -2.04. The summed E-state index contributed by atoms with van der Waals surface area (Å²) in [6.45, 7) is 0. The SMILES string of the molecule is COc1ccc2cc(C(=O)C=Cc3ccc(O)cc3)ccc2c1. The molecule has 0 fully saturated rings. The lowest BCUT2D eigenvalue weighted by molar-refractivity contribution is 0.104. The third-order valence-corrected chi connectivity index (χ3v) is 3.65. The van der Waals surface area contributed by atoms with Gasteiger partial charge >= 0.3 is 0 Å². The van der Waals surface area contributed by atoms with Crippen LogP contribution in [-0.2, 0) is 0 Å². The highest BCUT2D eigenvalue weighted by atomic mass is 16.5. The van der Waals surface area contributed by atoms with Crippen LogP contribution in [0.4, 0.5) is 0 Å². The van der Waals surface area contributed by atoms with Gasteiger partial charge in [-0.25, -0.2) is 0 Å². The van der Waals surface area contributed by atoms with Crippen molar-refractivity contribution in [3.63, 3.8) is 0 Å². The molecular formula is C20H16O3. The Kier molecular flexibility index (Phi) is 4.11. The van der Waals surface area contributed by atoms with Gasteiger partial charge in [-0.15, -0.1) is 0 Å². The molecule has 3 heteroatoms. The molecule has 0 spiro atoms. The summed E-state index contributed by atoms with van der Waals surface area (Å²) in [5.41, 5.74) is 1.50. The summed E-state index contributed by atoms with van der Waals surface area (Å²) in [7, 11) is 1.63. The van der Waals surface area contributed by atoms with E-state index in [4.69, 9.17) is 4.74 Å². The number of methoxy groups -OCH3 is 1. The van der Waals surface area contributed by atoms with Crippen molar-refractivity contribution < 1.29 is 14.6 Å². The summed E-state index contributed by atoms with van der Waals surface area (Å²) in [6, 6.07) is 18.1. The van der Waals surface area contributed by atoms with E-state index in [9.17, 15) is 9.90 Å². The first-order chi connectivity index (χ1) is 11.2. The van der Waals surface area contributed by atoms with Gasteiger partial charge in [0.05, 0.1) is 7.11 Å². The largest absolute Gasteiger partial charge is 0.508 e. The lowest BCUT2D eigenvalue weighted by Crippen LogP contribution is -1.94. The van der Waals surface area contributed by atoms with Crippen LogP contribution in [0, 0.1) is 0 Å². The van der Waals surface area contributed by atoms with E-state index in [1.807, 2.05) is 36.4 Å². The van der Waals surface area contributed by atoms with Gasteiger partial charge in [0.1, 0.15) is 11.5 Å². The van der Waals surface area contributed by atoms with Crippen LogP contribution in [0.3, 0.4) is 0 Å². The molecule has 3 rings (SSSR count). The molecule has 0 aromatic heterocycles. The molecule has 3 aromatic carbocycles. The lowest BCUT2D eigenvalue weighted by atomic mass is 10.0. The summed E-state index contributed by atoms with van der Waals surface area (Å²) in [6.07, 6.45) is 3.27. The predicted molar refractivity (Wildman–Crippen MR) is 92.0 cm³/mol. The molecule has 0 aliphatic carbocycles. The monoisotopic (exact) mass is 304 g/mol. The van der Waals surface area contributed by atoms with Crippen LogP contribution < -0.4 is 4.74 Å². The van der Waals surface area contributed by atoms with Crippen LogP contribution >= 0.6 is 0 Å². The minimum absolute atomic E-state index is 0.0595. The zero-order valence-corrected chi connectivity index (χ0v) is 12.7. The number of phenolic OH excluding ortho intramolecular Hbond substituents is 1. The fraction of sp³-hybridized carbons (Fsp3) is 0.0500. The number of hydrogen-bond acceptors (Lipinski definition) is 3. The van der Waals surface area contributed by atoms with E-state index in [1.54, 1.807) is 37.5 Å². The molecule has 3 nitrogen and oxygen atoms in total. The molecule has 3 aromatic rings. The maximum atomic E-state index is 12.3. The maximum Gasteiger partial charge on any atom is 0.185 e. The van der Waals surface area contributed by atoms with Crippen LogP contribution in [-0.4, -0.2) is 18.0 Å². The Hall–Kier alpha value is -3.07. The van der Waals surface area contributed by atoms with Gasteiger partial charge in [-0.2, -0.15) is 0 Å². The molecule has 0 saturated carbocycles. The van der Waals surface area contributed by atoms with Gasteiger partial charge in [-0.3, -0.25) is 4.79 Å². The second kappa shape index (κ2) is 6.36. The molecule has 0 bridgehead atoms. The topological polar surface area (TPSA) is 46.5 Å². The van der Waals surface area contributed by atoms with Crippen LogP contribution in [0.1, 0.15) is 15.9 Å². The van der Waals surface area contributed by atoms with Gasteiger partial charge in [-0.05, 0) is 52.7 Å². The number of ketones is 1. The van der Waals surface area contributed by atoms with E-state index in [2.05, 4.69) is 0 Å². The number of rotatable bonds is 4. The third kappa shape index (κ3) is 3.40. The summed E-state index contributed by atoms with van der Waals surface area (Å²) in [5.74, 6) is 0.943. The highest BCUT2D eigenvalue weighted by molar-refractivity contribution is 6.08. The minimum atomic E-state index is -0.0595. The van der Waals surface area contributed by atoms with Crippen molar-refractivity contribution in [2.75, 3.05) is 7.11 Å². The van der Waals surface area contributed by atoms with Gasteiger partial charge < -0.3 is 9.84 Å². The fourth-order valence-corrected chi connectivity index (χ4v) is 2.36. The summed E-state index contributed by atoms with van der Waals surface area (Å²) in [5, 5.41) is 11.3. The van der Waals surface area contributed by atoms with Crippen molar-refractivity contribution in [3.8, 4) is 11.5 Å². The molecule has 0 aliphatic rings. The standard InChI is InChI=1S/C20H16O3/c1-23-19-10-7-15-12-17(6-5-16(15)13-19)20(22)11-4-14-2-8-18(21)9-3-14/h2-13,21H,1H3. The van der Waals surface area contributed by atoms with Crippen molar-refractivity contribution in [1.82, 2.24) is 0 Å². The number of ether oxygens (including phenoxy) is 1. The van der Waals surface area contributed by atoms with E-state index in [-0.39, 0.29) is 11.5 Å². The highest BCUT2D eigenvalue weighted by Crippen LogP contribution is 2.22. The zero-order valence-electron chi connectivity index (χ0n) is 12.7. The quantitative estimate of drug-likeness (QED) is 0.572. The molecular weight excluding hydrogens is 288 g/mol. The molecule has 114 valence electrons. The van der Waals surface area contributed by atoms with Crippen molar-refractivity contribution >= 4 is 22.6 Å². The van der Waals surface area contributed by atoms with E-state index in [0.29, 0.717) is 5.56 Å². The number of carbonyl (C=O) groups is 1. The smallest absolute Gasteiger partial charge is 0.185 e. The molecule has 0 saturated heterocycles. The Labute approximate surface area is 134 Å². The van der Waals surface area contributed by atoms with Crippen LogP contribution in [0.15, 0.2) is 66.7 Å². The van der Waals surface area contributed by atoms with Crippen LogP contribution in [0.2, 0.25) is 0 Å². The number of benzene rings is 3. The Morgan fingerprint density at radius 1 is 0.957 bits per heavy atom. The Balaban J connectivity index is 1.84. The van der Waals surface area contributed by atoms with Gasteiger partial charge in [-0.1, -0.05) is 36.4 Å². The van der Waals surface area contributed by atoms with Gasteiger partial charge in [0, 0.05) is 5.56 Å². The second-order valence-electron chi connectivity index (χ2n) is 5.22. The molecule has 0 radical (unpaired) electrons. The predicted octanol–water partition coefficient (Wildman–Crippen LogP) is 4.45. The third-order valence-electron chi connectivity index (χ3n) is 3.65. The van der Waals surface area contributed by atoms with Gasteiger partial charge in [0.15, 0.2) is 5.78 Å². The van der Waals surface area contributed by atoms with Gasteiger partial charge in [0.25, 0.3) is 0 Å². The number of phenols is 1. The summed E-state index contributed by atoms with van der Waals surface area (Å²) >= 11 is 0. The zero-order chi connectivity index (χ0) is 16.2.